The Labute approximate surface area is 174 Å². The maximum atomic E-state index is 13.5. The van der Waals surface area contributed by atoms with Gasteiger partial charge in [-0.2, -0.15) is 0 Å². The van der Waals surface area contributed by atoms with E-state index in [9.17, 15) is 9.59 Å². The number of fused-ring (bicyclic) bond motifs is 3. The third-order valence-electron chi connectivity index (χ3n) is 4.77. The van der Waals surface area contributed by atoms with Crippen LogP contribution in [0.15, 0.2) is 80.6 Å². The van der Waals surface area contributed by atoms with Crippen LogP contribution >= 0.6 is 11.3 Å². The van der Waals surface area contributed by atoms with Gasteiger partial charge in [-0.05, 0) is 42.0 Å². The van der Waals surface area contributed by atoms with Crippen molar-refractivity contribution in [2.45, 2.75) is 0 Å². The van der Waals surface area contributed by atoms with Crippen LogP contribution in [0.2, 0.25) is 0 Å². The molecule has 5 aromatic rings. The summed E-state index contributed by atoms with van der Waals surface area (Å²) in [5.74, 6) is 0.347. The number of furan rings is 1. The van der Waals surface area contributed by atoms with Crippen molar-refractivity contribution in [3.8, 4) is 16.9 Å². The molecule has 3 aromatic heterocycles. The number of methoxy groups -OCH3 is 1. The Balaban J connectivity index is 1.76. The van der Waals surface area contributed by atoms with E-state index in [1.54, 1.807) is 43.5 Å². The molecule has 6 nitrogen and oxygen atoms in total. The molecule has 0 saturated heterocycles. The maximum absolute atomic E-state index is 13.5. The molecule has 30 heavy (non-hydrogen) atoms. The van der Waals surface area contributed by atoms with Crippen LogP contribution in [-0.2, 0) is 0 Å². The van der Waals surface area contributed by atoms with Crippen molar-refractivity contribution in [1.29, 1.82) is 0 Å². The molecule has 0 fully saturated rings. The lowest BCUT2D eigenvalue weighted by Gasteiger charge is -2.10. The van der Waals surface area contributed by atoms with E-state index in [-0.39, 0.29) is 22.6 Å². The van der Waals surface area contributed by atoms with Gasteiger partial charge in [0, 0.05) is 10.1 Å². The molecular weight excluding hydrogens is 402 g/mol. The van der Waals surface area contributed by atoms with E-state index < -0.39 is 5.91 Å². The topological polar surface area (TPSA) is 81.7 Å². The minimum absolute atomic E-state index is 0.0719. The Bertz CT molecular complexity index is 1430. The Hall–Kier alpha value is -3.84. The summed E-state index contributed by atoms with van der Waals surface area (Å²) in [5.41, 5.74) is 1.13. The van der Waals surface area contributed by atoms with Gasteiger partial charge in [0.25, 0.3) is 5.91 Å². The van der Waals surface area contributed by atoms with Gasteiger partial charge in [0.15, 0.2) is 11.3 Å². The molecule has 0 spiro atoms. The lowest BCUT2D eigenvalue weighted by atomic mass is 10.1. The summed E-state index contributed by atoms with van der Waals surface area (Å²) in [6, 6.07) is 17.8. The summed E-state index contributed by atoms with van der Waals surface area (Å²) >= 11 is 1.37. The number of carbonyl (C=O) groups excluding carboxylic acids is 1. The number of nitrogens with one attached hydrogen (secondary N) is 1. The van der Waals surface area contributed by atoms with Gasteiger partial charge in [0.1, 0.15) is 10.4 Å². The SMILES string of the molecule is COc1ccc(-c2c(NC(=O)c3ccco3)oc3c(sc4ccccc43)c2=O)cc1. The Morgan fingerprint density at radius 1 is 1.03 bits per heavy atom. The minimum Gasteiger partial charge on any atom is -0.497 e. The van der Waals surface area contributed by atoms with E-state index in [4.69, 9.17) is 13.6 Å². The standard InChI is InChI=1S/C23H15NO5S/c1-27-14-10-8-13(9-11-14)18-19(25)21-20(15-5-2-3-7-17(15)30-21)29-23(18)24-22(26)16-6-4-12-28-16/h2-12H,1H3,(H,24,26). The predicted molar refractivity (Wildman–Crippen MR) is 117 cm³/mol. The fourth-order valence-corrected chi connectivity index (χ4v) is 4.40. The zero-order chi connectivity index (χ0) is 20.7. The summed E-state index contributed by atoms with van der Waals surface area (Å²) < 4.78 is 17.9. The molecule has 0 radical (unpaired) electrons. The van der Waals surface area contributed by atoms with Crippen LogP contribution in [0.1, 0.15) is 10.6 Å². The normalized spacial score (nSPS) is 11.1. The molecule has 0 unspecified atom stereocenters. The van der Waals surface area contributed by atoms with Gasteiger partial charge in [0.05, 0.1) is 18.9 Å². The zero-order valence-corrected chi connectivity index (χ0v) is 16.6. The number of ether oxygens (including phenoxy) is 1. The molecule has 0 aliphatic rings. The number of thiophene rings is 1. The summed E-state index contributed by atoms with van der Waals surface area (Å²) in [5, 5.41) is 3.53. The Kier molecular flexibility index (Phi) is 4.37. The molecule has 2 aromatic carbocycles. The van der Waals surface area contributed by atoms with Crippen LogP contribution in [0, 0.1) is 0 Å². The highest BCUT2D eigenvalue weighted by molar-refractivity contribution is 7.25. The van der Waals surface area contributed by atoms with Gasteiger partial charge >= 0.3 is 0 Å². The van der Waals surface area contributed by atoms with E-state index >= 15 is 0 Å². The molecule has 0 atom stereocenters. The number of amides is 1. The average molecular weight is 417 g/mol. The third kappa shape index (κ3) is 2.96. The highest BCUT2D eigenvalue weighted by Gasteiger charge is 2.22. The number of benzene rings is 2. The van der Waals surface area contributed by atoms with Crippen LogP contribution in [0.3, 0.4) is 0 Å². The first kappa shape index (κ1) is 18.2. The first-order valence-electron chi connectivity index (χ1n) is 9.13. The predicted octanol–water partition coefficient (Wildman–Crippen LogP) is 5.53. The van der Waals surface area contributed by atoms with Crippen LogP contribution in [-0.4, -0.2) is 13.0 Å². The van der Waals surface area contributed by atoms with E-state index in [2.05, 4.69) is 5.32 Å². The van der Waals surface area contributed by atoms with Crippen LogP contribution in [0.4, 0.5) is 5.88 Å². The molecule has 0 aliphatic heterocycles. The van der Waals surface area contributed by atoms with Crippen molar-refractivity contribution in [1.82, 2.24) is 0 Å². The molecule has 3 heterocycles. The van der Waals surface area contributed by atoms with Gasteiger partial charge in [-0.25, -0.2) is 0 Å². The van der Waals surface area contributed by atoms with E-state index in [0.717, 1.165) is 10.1 Å². The molecule has 1 N–H and O–H groups in total. The monoisotopic (exact) mass is 417 g/mol. The van der Waals surface area contributed by atoms with Crippen molar-refractivity contribution in [2.24, 2.45) is 0 Å². The summed E-state index contributed by atoms with van der Waals surface area (Å²) in [6.45, 7) is 0. The number of anilines is 1. The maximum Gasteiger partial charge on any atom is 0.293 e. The highest BCUT2D eigenvalue weighted by atomic mass is 32.1. The zero-order valence-electron chi connectivity index (χ0n) is 15.8. The third-order valence-corrected chi connectivity index (χ3v) is 5.92. The van der Waals surface area contributed by atoms with E-state index in [0.29, 0.717) is 21.6 Å². The van der Waals surface area contributed by atoms with Gasteiger partial charge in [-0.3, -0.25) is 14.9 Å². The first-order chi connectivity index (χ1) is 14.7. The van der Waals surface area contributed by atoms with Crippen LogP contribution in [0.5, 0.6) is 5.75 Å². The Morgan fingerprint density at radius 2 is 1.83 bits per heavy atom. The summed E-state index contributed by atoms with van der Waals surface area (Å²) in [6.07, 6.45) is 1.41. The lowest BCUT2D eigenvalue weighted by Crippen LogP contribution is -2.15. The van der Waals surface area contributed by atoms with Crippen molar-refractivity contribution in [3.05, 3.63) is 82.9 Å². The van der Waals surface area contributed by atoms with Crippen molar-refractivity contribution < 1.29 is 18.4 Å². The number of hydrogen-bond acceptors (Lipinski definition) is 6. The first-order valence-corrected chi connectivity index (χ1v) is 9.95. The Morgan fingerprint density at radius 3 is 2.57 bits per heavy atom. The van der Waals surface area contributed by atoms with Crippen molar-refractivity contribution in [3.63, 3.8) is 0 Å². The average Bonchev–Trinajstić information content (AvgIpc) is 3.43. The molecule has 0 saturated carbocycles. The molecule has 1 amide bonds. The lowest BCUT2D eigenvalue weighted by molar-refractivity contribution is 0.0994. The van der Waals surface area contributed by atoms with Crippen LogP contribution in [0.25, 0.3) is 31.5 Å². The van der Waals surface area contributed by atoms with Gasteiger partial charge in [-0.15, -0.1) is 11.3 Å². The number of hydrogen-bond donors (Lipinski definition) is 1. The molecule has 0 aliphatic carbocycles. The summed E-state index contributed by atoms with van der Waals surface area (Å²) in [7, 11) is 1.57. The van der Waals surface area contributed by atoms with Gasteiger partial charge < -0.3 is 13.6 Å². The minimum atomic E-state index is -0.503. The van der Waals surface area contributed by atoms with Crippen LogP contribution < -0.4 is 15.5 Å². The number of carbonyl (C=O) groups is 1. The number of rotatable bonds is 4. The smallest absolute Gasteiger partial charge is 0.293 e. The van der Waals surface area contributed by atoms with Gasteiger partial charge in [-0.1, -0.05) is 24.3 Å². The fraction of sp³-hybridized carbons (Fsp3) is 0.0435. The quantitative estimate of drug-likeness (QED) is 0.416. The molecular formula is C23H15NO5S. The summed E-state index contributed by atoms with van der Waals surface area (Å²) in [4.78, 5) is 26.1. The second kappa shape index (κ2) is 7.20. The second-order valence-corrected chi connectivity index (χ2v) is 7.60. The molecule has 148 valence electrons. The molecule has 7 heteroatoms. The fourth-order valence-electron chi connectivity index (χ4n) is 3.32. The highest BCUT2D eigenvalue weighted by Crippen LogP contribution is 2.37. The largest absolute Gasteiger partial charge is 0.497 e. The van der Waals surface area contributed by atoms with Crippen molar-refractivity contribution >= 4 is 43.5 Å². The molecule has 0 bridgehead atoms. The van der Waals surface area contributed by atoms with E-state index in [1.165, 1.54) is 17.6 Å². The van der Waals surface area contributed by atoms with E-state index in [1.807, 2.05) is 24.3 Å². The van der Waals surface area contributed by atoms with Crippen molar-refractivity contribution in [2.75, 3.05) is 12.4 Å². The second-order valence-electron chi connectivity index (χ2n) is 6.55. The van der Waals surface area contributed by atoms with Gasteiger partial charge in [0.2, 0.25) is 11.3 Å². The molecule has 5 rings (SSSR count).